The maximum absolute atomic E-state index is 12.6. The van der Waals surface area contributed by atoms with Crippen LogP contribution in [0.3, 0.4) is 0 Å². The van der Waals surface area contributed by atoms with E-state index in [1.807, 2.05) is 12.1 Å². The summed E-state index contributed by atoms with van der Waals surface area (Å²) in [5, 5.41) is 17.1. The quantitative estimate of drug-likeness (QED) is 0.271. The number of phosphoric acid groups is 1. The number of hydrogen-bond donors (Lipinski definition) is 0. The molecule has 0 unspecified atom stereocenters. The van der Waals surface area contributed by atoms with Gasteiger partial charge in [-0.05, 0) is 6.07 Å². The maximum atomic E-state index is 12.6. The zero-order valence-electron chi connectivity index (χ0n) is 12.9. The summed E-state index contributed by atoms with van der Waals surface area (Å²) in [6, 6.07) is 6.29. The largest absolute Gasteiger partial charge is 0.530 e. The van der Waals surface area contributed by atoms with Gasteiger partial charge in [0, 0.05) is 5.56 Å². The predicted octanol–water partition coefficient (Wildman–Crippen LogP) is 1.65. The van der Waals surface area contributed by atoms with Gasteiger partial charge in [-0.1, -0.05) is 11.5 Å². The number of rotatable bonds is 10. The fourth-order valence-corrected chi connectivity index (χ4v) is 2.80. The third kappa shape index (κ3) is 5.71. The topological polar surface area (TPSA) is 119 Å². The number of carbonyl (C=O) groups excluding carboxylic acids is 1. The van der Waals surface area contributed by atoms with E-state index < -0.39 is 7.82 Å². The molecule has 1 rings (SSSR count). The number of hydrogen-bond acceptors (Lipinski definition) is 8. The Bertz CT molecular complexity index is 688. The fourth-order valence-electron chi connectivity index (χ4n) is 1.57. The van der Waals surface area contributed by atoms with E-state index >= 15 is 0 Å². The first kappa shape index (κ1) is 19.7. The van der Waals surface area contributed by atoms with E-state index in [0.717, 1.165) is 0 Å². The van der Waals surface area contributed by atoms with Gasteiger partial charge >= 0.3 is 7.82 Å². The molecule has 0 amide bonds. The molecular formula is C14H14BN2O6P. The summed E-state index contributed by atoms with van der Waals surface area (Å²) < 4.78 is 33.0. The molecule has 124 valence electrons. The molecule has 0 bridgehead atoms. The number of benzene rings is 1. The Kier molecular flexibility index (Phi) is 8.01. The van der Waals surface area contributed by atoms with Gasteiger partial charge in [-0.25, -0.2) is 4.57 Å². The molecule has 0 aliphatic carbocycles. The molecule has 2 radical (unpaired) electrons. The Labute approximate surface area is 140 Å². The van der Waals surface area contributed by atoms with Crippen molar-refractivity contribution < 1.29 is 27.7 Å². The second-order valence-electron chi connectivity index (χ2n) is 4.28. The summed E-state index contributed by atoms with van der Waals surface area (Å²) in [6.07, 6.45) is 0.492. The van der Waals surface area contributed by atoms with Gasteiger partial charge in [-0.3, -0.25) is 13.8 Å². The maximum Gasteiger partial charge on any atom is 0.530 e. The number of carbonyl (C=O) groups is 1. The van der Waals surface area contributed by atoms with E-state index in [2.05, 4.69) is 0 Å². The van der Waals surface area contributed by atoms with Gasteiger partial charge in [0.05, 0.1) is 45.3 Å². The van der Waals surface area contributed by atoms with Crippen molar-refractivity contribution >= 4 is 27.4 Å². The van der Waals surface area contributed by atoms with Crippen LogP contribution in [0.4, 0.5) is 0 Å². The minimum Gasteiger partial charge on any atom is -0.493 e. The highest BCUT2D eigenvalue weighted by Crippen LogP contribution is 2.51. The first-order valence-corrected chi connectivity index (χ1v) is 8.21. The van der Waals surface area contributed by atoms with Crippen LogP contribution in [0.25, 0.3) is 0 Å². The molecule has 0 heterocycles. The Morgan fingerprint density at radius 2 is 1.79 bits per heavy atom. The van der Waals surface area contributed by atoms with Gasteiger partial charge in [0.25, 0.3) is 0 Å². The molecule has 0 N–H and O–H groups in total. The molecule has 0 saturated heterocycles. The molecule has 0 atom stereocenters. The Hall–Kier alpha value is -2.32. The van der Waals surface area contributed by atoms with Crippen LogP contribution in [0.2, 0.25) is 0 Å². The second-order valence-corrected chi connectivity index (χ2v) is 5.87. The zero-order chi connectivity index (χ0) is 18.0. The van der Waals surface area contributed by atoms with E-state index in [0.29, 0.717) is 6.29 Å². The fraction of sp³-hybridized carbons (Fsp3) is 0.357. The normalized spacial score (nSPS) is 10.5. The minimum absolute atomic E-state index is 0.00978. The summed E-state index contributed by atoms with van der Waals surface area (Å²) in [6.45, 7) is -0.399. The van der Waals surface area contributed by atoms with Crippen LogP contribution in [0.1, 0.15) is 23.2 Å². The lowest BCUT2D eigenvalue weighted by Crippen LogP contribution is -2.13. The van der Waals surface area contributed by atoms with E-state index in [9.17, 15) is 9.36 Å². The molecule has 0 fully saturated rings. The van der Waals surface area contributed by atoms with Crippen LogP contribution in [0.5, 0.6) is 11.5 Å². The van der Waals surface area contributed by atoms with Crippen LogP contribution in [-0.4, -0.2) is 34.5 Å². The molecule has 1 aromatic carbocycles. The lowest BCUT2D eigenvalue weighted by molar-refractivity contribution is 0.112. The number of nitrogens with zero attached hydrogens (tertiary/aromatic N) is 2. The summed E-state index contributed by atoms with van der Waals surface area (Å²) >= 11 is 0. The van der Waals surface area contributed by atoms with E-state index in [1.54, 1.807) is 0 Å². The van der Waals surface area contributed by atoms with Gasteiger partial charge in [0.15, 0.2) is 11.5 Å². The first-order chi connectivity index (χ1) is 11.5. The van der Waals surface area contributed by atoms with Crippen LogP contribution >= 0.6 is 7.82 Å². The third-order valence-corrected chi connectivity index (χ3v) is 4.00. The highest BCUT2D eigenvalue weighted by atomic mass is 31.2. The molecule has 0 spiro atoms. The zero-order valence-corrected chi connectivity index (χ0v) is 13.8. The number of nitriles is 2. The molecule has 8 nitrogen and oxygen atoms in total. The van der Waals surface area contributed by atoms with Crippen molar-refractivity contribution in [1.82, 2.24) is 0 Å². The Balaban J connectivity index is 3.09. The standard InChI is InChI=1S/C14H14BN2O6P/c1-20-13-9-11(10-18)8-12(15)14(13)23-24(19,21-6-2-4-16)22-7-3-5-17/h8-10H,2-3,6-7H2,1H3. The van der Waals surface area contributed by atoms with Crippen LogP contribution in [-0.2, 0) is 13.6 Å². The molecule has 24 heavy (non-hydrogen) atoms. The van der Waals surface area contributed by atoms with Crippen molar-refractivity contribution in [3.63, 3.8) is 0 Å². The molecule has 1 aromatic rings. The Morgan fingerprint density at radius 1 is 1.21 bits per heavy atom. The number of methoxy groups -OCH3 is 1. The van der Waals surface area contributed by atoms with Crippen molar-refractivity contribution in [2.24, 2.45) is 0 Å². The summed E-state index contributed by atoms with van der Waals surface area (Å²) in [4.78, 5) is 10.9. The summed E-state index contributed by atoms with van der Waals surface area (Å²) in [5.41, 5.74) is 0.228. The smallest absolute Gasteiger partial charge is 0.493 e. The summed E-state index contributed by atoms with van der Waals surface area (Å²) in [5.74, 6) is -0.0644. The molecule has 0 aromatic heterocycles. The molecule has 0 aliphatic rings. The van der Waals surface area contributed by atoms with E-state index in [4.69, 9.17) is 36.7 Å². The lowest BCUT2D eigenvalue weighted by atomic mass is 9.93. The van der Waals surface area contributed by atoms with Crippen LogP contribution in [0.15, 0.2) is 12.1 Å². The number of ether oxygens (including phenoxy) is 1. The Morgan fingerprint density at radius 3 is 2.25 bits per heavy atom. The SMILES string of the molecule is [B]c1cc(C=O)cc(OC)c1OP(=O)(OCCC#N)OCCC#N. The minimum atomic E-state index is -4.14. The molecule has 0 saturated carbocycles. The average molecular weight is 348 g/mol. The van der Waals surface area contributed by atoms with E-state index in [-0.39, 0.29) is 48.6 Å². The average Bonchev–Trinajstić information content (AvgIpc) is 2.57. The molecular weight excluding hydrogens is 334 g/mol. The van der Waals surface area contributed by atoms with Crippen LogP contribution in [0, 0.1) is 22.7 Å². The third-order valence-electron chi connectivity index (χ3n) is 2.59. The monoisotopic (exact) mass is 348 g/mol. The predicted molar refractivity (Wildman–Crippen MR) is 84.4 cm³/mol. The highest BCUT2D eigenvalue weighted by Gasteiger charge is 2.30. The van der Waals surface area contributed by atoms with Crippen LogP contribution < -0.4 is 14.7 Å². The highest BCUT2D eigenvalue weighted by molar-refractivity contribution is 7.49. The molecule has 10 heteroatoms. The van der Waals surface area contributed by atoms with Gasteiger partial charge in [0.1, 0.15) is 14.1 Å². The van der Waals surface area contributed by atoms with Gasteiger partial charge in [0.2, 0.25) is 0 Å². The van der Waals surface area contributed by atoms with Crippen molar-refractivity contribution in [1.29, 1.82) is 10.5 Å². The van der Waals surface area contributed by atoms with Gasteiger partial charge in [-0.15, -0.1) is 0 Å². The number of phosphoric ester groups is 1. The van der Waals surface area contributed by atoms with Crippen molar-refractivity contribution in [3.05, 3.63) is 17.7 Å². The number of aldehydes is 1. The van der Waals surface area contributed by atoms with Crippen molar-refractivity contribution in [2.45, 2.75) is 12.8 Å². The summed E-state index contributed by atoms with van der Waals surface area (Å²) in [7, 11) is 2.96. The van der Waals surface area contributed by atoms with E-state index in [1.165, 1.54) is 19.2 Å². The van der Waals surface area contributed by atoms with Crippen molar-refractivity contribution in [3.8, 4) is 23.6 Å². The van der Waals surface area contributed by atoms with Gasteiger partial charge < -0.3 is 9.26 Å². The first-order valence-electron chi connectivity index (χ1n) is 6.75. The molecule has 0 aliphatic heterocycles. The second kappa shape index (κ2) is 9.74. The van der Waals surface area contributed by atoms with Crippen molar-refractivity contribution in [2.75, 3.05) is 20.3 Å². The van der Waals surface area contributed by atoms with Gasteiger partial charge in [-0.2, -0.15) is 10.5 Å². The lowest BCUT2D eigenvalue weighted by Gasteiger charge is -2.20.